The largest absolute Gasteiger partial charge is 0.376 e. The molecule has 0 spiro atoms. The molecule has 0 saturated carbocycles. The van der Waals surface area contributed by atoms with E-state index in [4.69, 9.17) is 10.3 Å². The first-order valence-corrected chi connectivity index (χ1v) is 10.5. The van der Waals surface area contributed by atoms with Crippen molar-refractivity contribution in [3.05, 3.63) is 76.2 Å². The minimum absolute atomic E-state index is 0.579. The van der Waals surface area contributed by atoms with Gasteiger partial charge < -0.3 is 9.64 Å². The minimum atomic E-state index is -0.854. The molecule has 2 aliphatic heterocycles. The molecule has 4 atom stereocenters. The number of halogens is 1. The number of hydrogen-bond acceptors (Lipinski definition) is 4. The summed E-state index contributed by atoms with van der Waals surface area (Å²) in [6, 6.07) is 17.9. The maximum absolute atomic E-state index is 13.2. The monoisotopic (exact) mass is 409 g/mol. The molecule has 2 aromatic rings. The lowest BCUT2D eigenvalue weighted by Crippen LogP contribution is -2.28. The maximum Gasteiger partial charge on any atom is 0.101 e. The van der Waals surface area contributed by atoms with Crippen LogP contribution in [0.3, 0.4) is 0 Å². The lowest BCUT2D eigenvalue weighted by atomic mass is 10.0. The van der Waals surface area contributed by atoms with Gasteiger partial charge in [0.25, 0.3) is 0 Å². The van der Waals surface area contributed by atoms with E-state index < -0.39 is 18.8 Å². The summed E-state index contributed by atoms with van der Waals surface area (Å²) in [4.78, 5) is 7.76. The number of benzene rings is 2. The van der Waals surface area contributed by atoms with Crippen LogP contribution < -0.4 is 4.90 Å². The second-order valence-corrected chi connectivity index (χ2v) is 8.28. The molecule has 0 N–H and O–H groups in total. The summed E-state index contributed by atoms with van der Waals surface area (Å²) in [5.74, 6) is 1.39. The fourth-order valence-corrected chi connectivity index (χ4v) is 4.90. The van der Waals surface area contributed by atoms with Crippen molar-refractivity contribution >= 4 is 5.69 Å². The molecule has 0 aromatic heterocycles. The number of nitrogens with zero attached hydrogens (tertiary/aromatic N) is 5. The third kappa shape index (κ3) is 4.43. The molecule has 2 aliphatic rings. The van der Waals surface area contributed by atoms with Crippen molar-refractivity contribution in [2.75, 3.05) is 44.9 Å². The van der Waals surface area contributed by atoms with Gasteiger partial charge in [-0.1, -0.05) is 47.6 Å². The maximum atomic E-state index is 13.2. The van der Waals surface area contributed by atoms with Crippen molar-refractivity contribution in [2.24, 2.45) is 17.0 Å². The fourth-order valence-electron chi connectivity index (χ4n) is 4.90. The van der Waals surface area contributed by atoms with Crippen LogP contribution in [0.2, 0.25) is 0 Å². The highest BCUT2D eigenvalue weighted by Gasteiger charge is 2.39. The van der Waals surface area contributed by atoms with Crippen LogP contribution in [0.4, 0.5) is 10.1 Å². The van der Waals surface area contributed by atoms with Crippen molar-refractivity contribution in [1.29, 1.82) is 0 Å². The minimum Gasteiger partial charge on any atom is -0.376 e. The summed E-state index contributed by atoms with van der Waals surface area (Å²) in [7, 11) is 1.51. The molecule has 2 aromatic carbocycles. The normalized spacial score (nSPS) is 23.1. The number of methoxy groups -OCH3 is 1. The number of alkyl halides is 1. The first kappa shape index (κ1) is 20.7. The Morgan fingerprint density at radius 1 is 1.07 bits per heavy atom. The van der Waals surface area contributed by atoms with E-state index in [1.54, 1.807) is 0 Å². The van der Waals surface area contributed by atoms with Gasteiger partial charge in [-0.2, -0.15) is 0 Å². The zero-order chi connectivity index (χ0) is 20.9. The lowest BCUT2D eigenvalue weighted by Gasteiger charge is -2.24. The van der Waals surface area contributed by atoms with Crippen LogP contribution in [0.15, 0.2) is 59.7 Å². The summed E-state index contributed by atoms with van der Waals surface area (Å²) < 4.78 is 18.6. The number of anilines is 1. The Bertz CT molecular complexity index is 857. The first-order valence-electron chi connectivity index (χ1n) is 10.5. The van der Waals surface area contributed by atoms with Crippen LogP contribution in [0, 0.1) is 11.8 Å². The van der Waals surface area contributed by atoms with Crippen molar-refractivity contribution in [2.45, 2.75) is 18.7 Å². The zero-order valence-electron chi connectivity index (χ0n) is 17.3. The van der Waals surface area contributed by atoms with Crippen LogP contribution in [-0.4, -0.2) is 50.9 Å². The molecule has 7 heteroatoms. The predicted octanol–water partition coefficient (Wildman–Crippen LogP) is 4.59. The molecule has 2 saturated heterocycles. The van der Waals surface area contributed by atoms with Gasteiger partial charge in [0.05, 0.1) is 12.1 Å². The summed E-state index contributed by atoms with van der Waals surface area (Å²) in [6.45, 7) is 4.69. The van der Waals surface area contributed by atoms with Crippen molar-refractivity contribution in [1.82, 2.24) is 4.90 Å². The summed E-state index contributed by atoms with van der Waals surface area (Å²) in [5.41, 5.74) is 12.0. The van der Waals surface area contributed by atoms with E-state index in [0.717, 1.165) is 38.3 Å². The molecule has 6 nitrogen and oxygen atoms in total. The fraction of sp³-hybridized carbons (Fsp3) is 0.478. The molecule has 0 amide bonds. The molecule has 30 heavy (non-hydrogen) atoms. The van der Waals surface area contributed by atoms with Crippen LogP contribution in [-0.2, 0) is 11.3 Å². The van der Waals surface area contributed by atoms with Crippen molar-refractivity contribution < 1.29 is 9.13 Å². The molecule has 0 radical (unpaired) electrons. The molecular weight excluding hydrogens is 381 g/mol. The summed E-state index contributed by atoms with van der Waals surface area (Å²) in [5, 5.41) is 3.53. The van der Waals surface area contributed by atoms with E-state index in [-0.39, 0.29) is 0 Å². The highest BCUT2D eigenvalue weighted by Crippen LogP contribution is 2.35. The van der Waals surface area contributed by atoms with Gasteiger partial charge in [0.15, 0.2) is 0 Å². The van der Waals surface area contributed by atoms with E-state index in [2.05, 4.69) is 62.3 Å². The van der Waals surface area contributed by atoms with Gasteiger partial charge >= 0.3 is 0 Å². The standard InChI is InChI=1S/C23H28FN5O/c1-30-23(22(11-24)26-27-25)18-7-9-21(10-8-18)29-15-19-13-28(14-20(19)16-29)12-17-5-3-2-4-6-17/h2-10,19-20,22-23H,11-16H2,1H3/t19?,20?,22-,23-/m1/s1. The number of ether oxygens (including phenoxy) is 1. The Morgan fingerprint density at radius 3 is 2.30 bits per heavy atom. The van der Waals surface area contributed by atoms with E-state index in [0.29, 0.717) is 11.8 Å². The van der Waals surface area contributed by atoms with Crippen molar-refractivity contribution in [3.8, 4) is 0 Å². The average Bonchev–Trinajstić information content (AvgIpc) is 3.33. The second kappa shape index (κ2) is 9.47. The number of likely N-dealkylation sites (tertiary alicyclic amines) is 1. The van der Waals surface area contributed by atoms with E-state index in [1.807, 2.05) is 12.1 Å². The smallest absolute Gasteiger partial charge is 0.101 e. The summed E-state index contributed by atoms with van der Waals surface area (Å²) in [6.07, 6.45) is -0.579. The first-order chi connectivity index (χ1) is 14.7. The Morgan fingerprint density at radius 2 is 1.73 bits per heavy atom. The van der Waals surface area contributed by atoms with E-state index in [1.165, 1.54) is 18.4 Å². The third-order valence-corrected chi connectivity index (χ3v) is 6.36. The van der Waals surface area contributed by atoms with Gasteiger partial charge in [0.2, 0.25) is 0 Å². The van der Waals surface area contributed by atoms with E-state index in [9.17, 15) is 4.39 Å². The average molecular weight is 410 g/mol. The molecule has 158 valence electrons. The second-order valence-electron chi connectivity index (χ2n) is 8.28. The van der Waals surface area contributed by atoms with E-state index >= 15 is 0 Å². The van der Waals surface area contributed by atoms with Crippen LogP contribution in [0.1, 0.15) is 17.2 Å². The number of hydrogen-bond donors (Lipinski definition) is 0. The SMILES string of the molecule is CO[C@H](c1ccc(N2CC3CN(Cc4ccccc4)CC3C2)cc1)[C@@H](CF)N=[N+]=[N-]. The molecule has 0 aliphatic carbocycles. The number of fused-ring (bicyclic) bond motifs is 1. The van der Waals surface area contributed by atoms with Gasteiger partial charge in [0, 0.05) is 50.4 Å². The summed E-state index contributed by atoms with van der Waals surface area (Å²) >= 11 is 0. The molecule has 2 heterocycles. The zero-order valence-corrected chi connectivity index (χ0v) is 17.3. The van der Waals surface area contributed by atoms with Crippen LogP contribution >= 0.6 is 0 Å². The van der Waals surface area contributed by atoms with Gasteiger partial charge in [-0.05, 0) is 40.6 Å². The molecule has 2 fully saturated rings. The quantitative estimate of drug-likeness (QED) is 0.364. The van der Waals surface area contributed by atoms with Crippen LogP contribution in [0.5, 0.6) is 0 Å². The van der Waals surface area contributed by atoms with Crippen molar-refractivity contribution in [3.63, 3.8) is 0 Å². The number of rotatable bonds is 8. The third-order valence-electron chi connectivity index (χ3n) is 6.36. The number of azide groups is 1. The van der Waals surface area contributed by atoms with Gasteiger partial charge in [0.1, 0.15) is 6.67 Å². The Balaban J connectivity index is 1.36. The predicted molar refractivity (Wildman–Crippen MR) is 116 cm³/mol. The molecule has 2 unspecified atom stereocenters. The Labute approximate surface area is 176 Å². The van der Waals surface area contributed by atoms with Gasteiger partial charge in [-0.3, -0.25) is 9.29 Å². The Kier molecular flexibility index (Phi) is 6.53. The van der Waals surface area contributed by atoms with Gasteiger partial charge in [-0.15, -0.1) is 0 Å². The topological polar surface area (TPSA) is 64.5 Å². The molecule has 0 bridgehead atoms. The van der Waals surface area contributed by atoms with Crippen LogP contribution in [0.25, 0.3) is 10.4 Å². The lowest BCUT2D eigenvalue weighted by molar-refractivity contribution is 0.0722. The van der Waals surface area contributed by atoms with Gasteiger partial charge in [-0.25, -0.2) is 0 Å². The highest BCUT2D eigenvalue weighted by molar-refractivity contribution is 5.49. The molecular formula is C23H28FN5O. The molecule has 4 rings (SSSR count). The Hall–Kier alpha value is -2.60. The highest BCUT2D eigenvalue weighted by atomic mass is 19.1.